The van der Waals surface area contributed by atoms with Gasteiger partial charge in [0.05, 0.1) is 5.75 Å². The Hall–Kier alpha value is -0.660. The molecular formula is C11H25N3O3S. The van der Waals surface area contributed by atoms with E-state index in [4.69, 9.17) is 10.9 Å². The van der Waals surface area contributed by atoms with Crippen LogP contribution in [0.2, 0.25) is 0 Å². The van der Waals surface area contributed by atoms with Crippen LogP contribution in [-0.2, 0) is 14.8 Å². The second kappa shape index (κ2) is 9.29. The maximum Gasteiger partial charge on any atom is 0.220 e. The van der Waals surface area contributed by atoms with Crippen LogP contribution in [-0.4, -0.2) is 33.2 Å². The van der Waals surface area contributed by atoms with Crippen LogP contribution >= 0.6 is 0 Å². The van der Waals surface area contributed by atoms with Gasteiger partial charge in [-0.1, -0.05) is 19.8 Å². The lowest BCUT2D eigenvalue weighted by atomic mass is 9.94. The van der Waals surface area contributed by atoms with Crippen molar-refractivity contribution < 1.29 is 13.2 Å². The van der Waals surface area contributed by atoms with E-state index in [9.17, 15) is 13.2 Å². The number of nitrogens with one attached hydrogen (secondary N) is 1. The highest BCUT2D eigenvalue weighted by Gasteiger charge is 2.10. The highest BCUT2D eigenvalue weighted by atomic mass is 32.2. The van der Waals surface area contributed by atoms with Crippen molar-refractivity contribution in [3.05, 3.63) is 0 Å². The molecule has 0 radical (unpaired) electrons. The summed E-state index contributed by atoms with van der Waals surface area (Å²) in [7, 11) is -3.50. The number of primary sulfonamides is 1. The molecule has 0 aromatic carbocycles. The summed E-state index contributed by atoms with van der Waals surface area (Å²) >= 11 is 0. The molecule has 0 aromatic rings. The zero-order chi connectivity index (χ0) is 14.0. The fourth-order valence-corrected chi connectivity index (χ4v) is 2.22. The van der Waals surface area contributed by atoms with E-state index in [0.717, 1.165) is 25.7 Å². The van der Waals surface area contributed by atoms with Gasteiger partial charge in [-0.2, -0.15) is 0 Å². The first-order valence-corrected chi connectivity index (χ1v) is 8.07. The lowest BCUT2D eigenvalue weighted by Crippen LogP contribution is -2.31. The largest absolute Gasteiger partial charge is 0.355 e. The van der Waals surface area contributed by atoms with Gasteiger partial charge >= 0.3 is 0 Å². The predicted octanol–water partition coefficient (Wildman–Crippen LogP) is -0.0636. The molecule has 0 aliphatic carbocycles. The topological polar surface area (TPSA) is 115 Å². The minimum absolute atomic E-state index is 0.0764. The van der Waals surface area contributed by atoms with Crippen LogP contribution in [0.4, 0.5) is 0 Å². The van der Waals surface area contributed by atoms with Crippen molar-refractivity contribution in [1.29, 1.82) is 0 Å². The molecule has 6 nitrogen and oxygen atoms in total. The minimum Gasteiger partial charge on any atom is -0.355 e. The lowest BCUT2D eigenvalue weighted by Gasteiger charge is -2.14. The van der Waals surface area contributed by atoms with E-state index in [2.05, 4.69) is 12.2 Å². The Labute approximate surface area is 110 Å². The first kappa shape index (κ1) is 17.3. The lowest BCUT2D eigenvalue weighted by molar-refractivity contribution is -0.121. The molecule has 0 bridgehead atoms. The first-order valence-electron chi connectivity index (χ1n) is 6.36. The van der Waals surface area contributed by atoms with E-state index in [0.29, 0.717) is 18.9 Å². The number of nitrogens with two attached hydrogens (primary N) is 2. The van der Waals surface area contributed by atoms with Gasteiger partial charge in [-0.15, -0.1) is 0 Å². The molecule has 0 saturated heterocycles. The number of carbonyl (C=O) groups excluding carboxylic acids is 1. The van der Waals surface area contributed by atoms with Gasteiger partial charge in [0.25, 0.3) is 0 Å². The maximum absolute atomic E-state index is 11.5. The van der Waals surface area contributed by atoms with Crippen LogP contribution in [0.5, 0.6) is 0 Å². The fraction of sp³-hybridized carbons (Fsp3) is 0.909. The van der Waals surface area contributed by atoms with Crippen LogP contribution in [0.15, 0.2) is 0 Å². The van der Waals surface area contributed by atoms with Gasteiger partial charge in [0.1, 0.15) is 0 Å². The number of hydrogen-bond donors (Lipinski definition) is 3. The van der Waals surface area contributed by atoms with Crippen molar-refractivity contribution >= 4 is 15.9 Å². The van der Waals surface area contributed by atoms with Crippen molar-refractivity contribution in [3.8, 4) is 0 Å². The van der Waals surface area contributed by atoms with E-state index in [-0.39, 0.29) is 18.2 Å². The monoisotopic (exact) mass is 279 g/mol. The summed E-state index contributed by atoms with van der Waals surface area (Å²) in [4.78, 5) is 11.5. The smallest absolute Gasteiger partial charge is 0.220 e. The Balaban J connectivity index is 3.80. The molecule has 1 amide bonds. The predicted molar refractivity (Wildman–Crippen MR) is 72.3 cm³/mol. The summed E-state index contributed by atoms with van der Waals surface area (Å²) in [5, 5.41) is 7.38. The standard InChI is InChI=1S/C11H25N3O3S/c1-2-3-10(6-7-12)4-5-11(15)14-8-9-18(13,16)17/h10H,2-9,12H2,1H3,(H,14,15)(H2,13,16,17). The van der Waals surface area contributed by atoms with Crippen LogP contribution < -0.4 is 16.2 Å². The van der Waals surface area contributed by atoms with Gasteiger partial charge in [0, 0.05) is 13.0 Å². The Bertz CT molecular complexity index is 324. The maximum atomic E-state index is 11.5. The van der Waals surface area contributed by atoms with Crippen molar-refractivity contribution in [3.63, 3.8) is 0 Å². The number of amides is 1. The molecule has 1 atom stereocenters. The van der Waals surface area contributed by atoms with Gasteiger partial charge in [0.15, 0.2) is 0 Å². The molecule has 0 rings (SSSR count). The second-order valence-electron chi connectivity index (χ2n) is 4.49. The number of hydrogen-bond acceptors (Lipinski definition) is 4. The van der Waals surface area contributed by atoms with Crippen molar-refractivity contribution in [2.45, 2.75) is 39.0 Å². The molecule has 1 unspecified atom stereocenters. The summed E-state index contributed by atoms with van der Waals surface area (Å²) < 4.78 is 21.3. The van der Waals surface area contributed by atoms with E-state index < -0.39 is 10.0 Å². The van der Waals surface area contributed by atoms with Crippen molar-refractivity contribution in [2.24, 2.45) is 16.8 Å². The molecule has 18 heavy (non-hydrogen) atoms. The average molecular weight is 279 g/mol. The van der Waals surface area contributed by atoms with Crippen LogP contribution in [0, 0.1) is 5.92 Å². The van der Waals surface area contributed by atoms with Gasteiger partial charge in [-0.25, -0.2) is 13.6 Å². The molecule has 0 aliphatic heterocycles. The Morgan fingerprint density at radius 3 is 2.44 bits per heavy atom. The zero-order valence-corrected chi connectivity index (χ0v) is 11.8. The Kier molecular flexibility index (Phi) is 8.95. The van der Waals surface area contributed by atoms with Gasteiger partial charge in [-0.3, -0.25) is 4.79 Å². The van der Waals surface area contributed by atoms with Crippen LogP contribution in [0.25, 0.3) is 0 Å². The highest BCUT2D eigenvalue weighted by molar-refractivity contribution is 7.89. The second-order valence-corrected chi connectivity index (χ2v) is 6.22. The molecule has 0 heterocycles. The van der Waals surface area contributed by atoms with Crippen LogP contribution in [0.1, 0.15) is 39.0 Å². The van der Waals surface area contributed by atoms with E-state index in [1.54, 1.807) is 0 Å². The Morgan fingerprint density at radius 1 is 1.28 bits per heavy atom. The minimum atomic E-state index is -3.50. The molecule has 0 aliphatic rings. The van der Waals surface area contributed by atoms with E-state index in [1.807, 2.05) is 0 Å². The number of sulfonamides is 1. The number of carbonyl (C=O) groups is 1. The summed E-state index contributed by atoms with van der Waals surface area (Å²) in [6.07, 6.45) is 4.29. The van der Waals surface area contributed by atoms with E-state index >= 15 is 0 Å². The molecule has 108 valence electrons. The zero-order valence-electron chi connectivity index (χ0n) is 11.0. The SMILES string of the molecule is CCCC(CCN)CCC(=O)NCCS(N)(=O)=O. The van der Waals surface area contributed by atoms with Gasteiger partial charge in [-0.05, 0) is 25.3 Å². The van der Waals surface area contributed by atoms with Gasteiger partial charge < -0.3 is 11.1 Å². The molecule has 0 saturated carbocycles. The Morgan fingerprint density at radius 2 is 1.94 bits per heavy atom. The fourth-order valence-electron chi connectivity index (χ4n) is 1.83. The van der Waals surface area contributed by atoms with Gasteiger partial charge in [0.2, 0.25) is 15.9 Å². The number of rotatable bonds is 10. The van der Waals surface area contributed by atoms with Crippen LogP contribution in [0.3, 0.4) is 0 Å². The summed E-state index contributed by atoms with van der Waals surface area (Å²) in [6.45, 7) is 2.82. The molecule has 0 spiro atoms. The third kappa shape index (κ3) is 10.5. The molecular weight excluding hydrogens is 254 g/mol. The highest BCUT2D eigenvalue weighted by Crippen LogP contribution is 2.16. The normalized spacial score (nSPS) is 13.3. The van der Waals surface area contributed by atoms with Crippen molar-refractivity contribution in [1.82, 2.24) is 5.32 Å². The average Bonchev–Trinajstić information content (AvgIpc) is 2.25. The summed E-state index contributed by atoms with van der Waals surface area (Å²) in [5.74, 6) is 0.126. The summed E-state index contributed by atoms with van der Waals surface area (Å²) in [5.41, 5.74) is 5.51. The summed E-state index contributed by atoms with van der Waals surface area (Å²) in [6, 6.07) is 0. The first-order chi connectivity index (χ1) is 8.39. The molecule has 7 heteroatoms. The van der Waals surface area contributed by atoms with E-state index in [1.165, 1.54) is 0 Å². The third-order valence-electron chi connectivity index (χ3n) is 2.76. The molecule has 0 aromatic heterocycles. The third-order valence-corrected chi connectivity index (χ3v) is 3.53. The molecule has 0 fully saturated rings. The quantitative estimate of drug-likeness (QED) is 0.519. The van der Waals surface area contributed by atoms with Crippen molar-refractivity contribution in [2.75, 3.05) is 18.8 Å². The molecule has 5 N–H and O–H groups in total.